The Hall–Kier alpha value is -2.58. The summed E-state index contributed by atoms with van der Waals surface area (Å²) in [5.41, 5.74) is 1.57. The molecule has 7 nitrogen and oxygen atoms in total. The van der Waals surface area contributed by atoms with Gasteiger partial charge in [0, 0.05) is 42.8 Å². The van der Waals surface area contributed by atoms with Crippen LogP contribution in [0.4, 0.5) is 10.7 Å². The number of hydrogen-bond acceptors (Lipinski definition) is 7. The molecular weight excluding hydrogens is 402 g/mol. The summed E-state index contributed by atoms with van der Waals surface area (Å²) in [6, 6.07) is 9.83. The van der Waals surface area contributed by atoms with E-state index in [0.29, 0.717) is 23.7 Å². The van der Waals surface area contributed by atoms with Crippen LogP contribution in [0.1, 0.15) is 29.1 Å². The lowest BCUT2D eigenvalue weighted by Crippen LogP contribution is -2.48. The van der Waals surface area contributed by atoms with E-state index in [1.165, 1.54) is 11.3 Å². The van der Waals surface area contributed by atoms with Gasteiger partial charge in [-0.1, -0.05) is 13.0 Å². The van der Waals surface area contributed by atoms with E-state index in [1.807, 2.05) is 31.2 Å². The minimum Gasteiger partial charge on any atom is -0.497 e. The van der Waals surface area contributed by atoms with Crippen molar-refractivity contribution in [3.8, 4) is 5.75 Å². The number of nitrogens with zero attached hydrogens (tertiary/aromatic N) is 2. The zero-order valence-corrected chi connectivity index (χ0v) is 18.6. The third kappa shape index (κ3) is 5.52. The first-order chi connectivity index (χ1) is 14.5. The average Bonchev–Trinajstić information content (AvgIpc) is 3.17. The van der Waals surface area contributed by atoms with E-state index in [2.05, 4.69) is 21.2 Å². The Balaban J connectivity index is 1.55. The summed E-state index contributed by atoms with van der Waals surface area (Å²) in [7, 11) is 1.67. The number of ether oxygens (including phenoxy) is 2. The van der Waals surface area contributed by atoms with Crippen molar-refractivity contribution in [2.75, 3.05) is 56.7 Å². The maximum atomic E-state index is 12.6. The van der Waals surface area contributed by atoms with E-state index in [4.69, 9.17) is 9.47 Å². The number of thiophene rings is 1. The van der Waals surface area contributed by atoms with Gasteiger partial charge in [-0.25, -0.2) is 4.79 Å². The monoisotopic (exact) mass is 431 g/mol. The summed E-state index contributed by atoms with van der Waals surface area (Å²) in [6.45, 7) is 7.66. The van der Waals surface area contributed by atoms with Gasteiger partial charge in [-0.3, -0.25) is 9.69 Å². The summed E-state index contributed by atoms with van der Waals surface area (Å²) in [5.74, 6) is 0.338. The van der Waals surface area contributed by atoms with Crippen LogP contribution in [0, 0.1) is 0 Å². The van der Waals surface area contributed by atoms with E-state index >= 15 is 0 Å². The Morgan fingerprint density at radius 2 is 1.90 bits per heavy atom. The number of methoxy groups -OCH3 is 1. The van der Waals surface area contributed by atoms with Crippen LogP contribution in [-0.4, -0.2) is 63.2 Å². The Morgan fingerprint density at radius 1 is 1.13 bits per heavy atom. The Kier molecular flexibility index (Phi) is 7.70. The third-order valence-electron chi connectivity index (χ3n) is 5.04. The first-order valence-corrected chi connectivity index (χ1v) is 11.1. The van der Waals surface area contributed by atoms with Crippen LogP contribution >= 0.6 is 11.3 Å². The summed E-state index contributed by atoms with van der Waals surface area (Å²) >= 11 is 1.43. The van der Waals surface area contributed by atoms with Gasteiger partial charge in [-0.2, -0.15) is 0 Å². The molecule has 1 aliphatic rings. The van der Waals surface area contributed by atoms with Gasteiger partial charge < -0.3 is 19.7 Å². The van der Waals surface area contributed by atoms with Crippen LogP contribution < -0.4 is 15.0 Å². The molecule has 1 aliphatic heterocycles. The molecule has 3 rings (SSSR count). The molecule has 1 aromatic heterocycles. The minimum absolute atomic E-state index is 0.111. The third-order valence-corrected chi connectivity index (χ3v) is 6.23. The van der Waals surface area contributed by atoms with E-state index < -0.39 is 5.97 Å². The molecule has 1 saturated heterocycles. The fourth-order valence-electron chi connectivity index (χ4n) is 3.41. The molecule has 8 heteroatoms. The molecule has 0 unspecified atom stereocenters. The van der Waals surface area contributed by atoms with Crippen LogP contribution in [0.5, 0.6) is 5.75 Å². The van der Waals surface area contributed by atoms with E-state index in [-0.39, 0.29) is 5.91 Å². The van der Waals surface area contributed by atoms with Crippen molar-refractivity contribution in [3.05, 3.63) is 40.8 Å². The van der Waals surface area contributed by atoms with Gasteiger partial charge in [-0.15, -0.1) is 11.3 Å². The first-order valence-electron chi connectivity index (χ1n) is 10.2. The summed E-state index contributed by atoms with van der Waals surface area (Å²) in [5, 5.41) is 3.49. The molecule has 0 radical (unpaired) electrons. The second-order valence-electron chi connectivity index (χ2n) is 7.04. The van der Waals surface area contributed by atoms with Crippen molar-refractivity contribution in [3.63, 3.8) is 0 Å². The maximum absolute atomic E-state index is 12.6. The van der Waals surface area contributed by atoms with Crippen molar-refractivity contribution in [1.29, 1.82) is 0 Å². The molecule has 1 amide bonds. The number of aryl methyl sites for hydroxylation is 1. The van der Waals surface area contributed by atoms with Crippen LogP contribution in [0.25, 0.3) is 0 Å². The second-order valence-corrected chi connectivity index (χ2v) is 8.18. The summed E-state index contributed by atoms with van der Waals surface area (Å²) in [4.78, 5) is 30.3. The van der Waals surface area contributed by atoms with Crippen molar-refractivity contribution in [2.24, 2.45) is 0 Å². The number of rotatable bonds is 8. The van der Waals surface area contributed by atoms with Crippen LogP contribution in [0.3, 0.4) is 0 Å². The van der Waals surface area contributed by atoms with Gasteiger partial charge >= 0.3 is 5.97 Å². The molecule has 1 aromatic carbocycles. The zero-order chi connectivity index (χ0) is 21.5. The van der Waals surface area contributed by atoms with Gasteiger partial charge in [0.2, 0.25) is 5.91 Å². The summed E-state index contributed by atoms with van der Waals surface area (Å²) < 4.78 is 10.4. The fourth-order valence-corrected chi connectivity index (χ4v) is 4.41. The average molecular weight is 432 g/mol. The number of amides is 1. The van der Waals surface area contributed by atoms with E-state index in [0.717, 1.165) is 48.9 Å². The van der Waals surface area contributed by atoms with Crippen LogP contribution in [0.2, 0.25) is 0 Å². The highest BCUT2D eigenvalue weighted by Crippen LogP contribution is 2.29. The zero-order valence-electron chi connectivity index (χ0n) is 17.8. The highest BCUT2D eigenvalue weighted by atomic mass is 32.1. The van der Waals surface area contributed by atoms with Crippen molar-refractivity contribution in [1.82, 2.24) is 4.90 Å². The largest absolute Gasteiger partial charge is 0.497 e. The number of nitrogens with one attached hydrogen (secondary N) is 1. The van der Waals surface area contributed by atoms with Crippen LogP contribution in [0.15, 0.2) is 30.3 Å². The van der Waals surface area contributed by atoms with Crippen LogP contribution in [-0.2, 0) is 16.0 Å². The number of anilines is 2. The number of benzene rings is 1. The van der Waals surface area contributed by atoms with Gasteiger partial charge in [-0.05, 0) is 31.5 Å². The van der Waals surface area contributed by atoms with Gasteiger partial charge in [0.1, 0.15) is 10.8 Å². The van der Waals surface area contributed by atoms with Crippen molar-refractivity contribution < 1.29 is 19.1 Å². The number of hydrogen-bond donors (Lipinski definition) is 1. The van der Waals surface area contributed by atoms with Gasteiger partial charge in [0.25, 0.3) is 0 Å². The van der Waals surface area contributed by atoms with Crippen molar-refractivity contribution in [2.45, 2.75) is 20.3 Å². The lowest BCUT2D eigenvalue weighted by atomic mass is 10.2. The predicted molar refractivity (Wildman–Crippen MR) is 120 cm³/mol. The topological polar surface area (TPSA) is 71.1 Å². The fraction of sp³-hybridized carbons (Fsp3) is 0.455. The molecule has 0 spiro atoms. The molecule has 162 valence electrons. The molecule has 0 aliphatic carbocycles. The molecule has 0 atom stereocenters. The highest BCUT2D eigenvalue weighted by molar-refractivity contribution is 7.16. The van der Waals surface area contributed by atoms with E-state index in [9.17, 15) is 9.59 Å². The normalized spacial score (nSPS) is 14.4. The Morgan fingerprint density at radius 3 is 2.57 bits per heavy atom. The number of carbonyl (C=O) groups excluding carboxylic acids is 2. The maximum Gasteiger partial charge on any atom is 0.341 e. The number of carbonyl (C=O) groups is 2. The second kappa shape index (κ2) is 10.4. The summed E-state index contributed by atoms with van der Waals surface area (Å²) in [6.07, 6.45) is 0.805. The molecule has 2 heterocycles. The van der Waals surface area contributed by atoms with Gasteiger partial charge in [0.15, 0.2) is 0 Å². The van der Waals surface area contributed by atoms with E-state index in [1.54, 1.807) is 14.0 Å². The molecule has 0 saturated carbocycles. The smallest absolute Gasteiger partial charge is 0.341 e. The molecule has 1 N–H and O–H groups in total. The molecule has 1 fully saturated rings. The first kappa shape index (κ1) is 22.1. The number of piperazine rings is 1. The highest BCUT2D eigenvalue weighted by Gasteiger charge is 2.22. The molecular formula is C22H29N3O4S. The molecule has 2 aromatic rings. The standard InChI is InChI=1S/C22H29N3O4S/c1-4-18-14-19(22(27)29-5-2)21(30-18)23-20(26)15-24-9-11-25(12-10-24)16-7-6-8-17(13-16)28-3/h6-8,13-14H,4-5,9-12,15H2,1-3H3,(H,23,26). The minimum atomic E-state index is -0.393. The predicted octanol–water partition coefficient (Wildman–Crippen LogP) is 3.26. The SMILES string of the molecule is CCOC(=O)c1cc(CC)sc1NC(=O)CN1CCN(c2cccc(OC)c2)CC1. The Labute approximate surface area is 181 Å². The van der Waals surface area contributed by atoms with Crippen molar-refractivity contribution >= 4 is 33.9 Å². The lowest BCUT2D eigenvalue weighted by molar-refractivity contribution is -0.117. The lowest BCUT2D eigenvalue weighted by Gasteiger charge is -2.35. The molecule has 0 bridgehead atoms. The number of esters is 1. The molecule has 30 heavy (non-hydrogen) atoms. The Bertz CT molecular complexity index is 875. The van der Waals surface area contributed by atoms with Gasteiger partial charge in [0.05, 0.1) is 25.8 Å². The quantitative estimate of drug-likeness (QED) is 0.647.